The summed E-state index contributed by atoms with van der Waals surface area (Å²) >= 11 is 1.51. The highest BCUT2D eigenvalue weighted by Gasteiger charge is 2.25. The molecule has 0 aliphatic rings. The molecule has 0 heterocycles. The first-order chi connectivity index (χ1) is 13.5. The number of aryl methyl sites for hydroxylation is 1. The number of amides is 2. The maximum atomic E-state index is 12.9. The first-order valence-corrected chi connectivity index (χ1v) is 10.8. The Morgan fingerprint density at radius 3 is 2.39 bits per heavy atom. The van der Waals surface area contributed by atoms with Crippen LogP contribution < -0.4 is 5.32 Å². The molecule has 0 unspecified atom stereocenters. The molecule has 5 heteroatoms. The number of carbonyl (C=O) groups excluding carboxylic acids is 2. The van der Waals surface area contributed by atoms with Crippen LogP contribution in [0, 0.1) is 6.92 Å². The zero-order valence-electron chi connectivity index (χ0n) is 17.0. The molecule has 0 aliphatic carbocycles. The van der Waals surface area contributed by atoms with Crippen LogP contribution in [0.25, 0.3) is 0 Å². The lowest BCUT2D eigenvalue weighted by atomic mass is 10.1. The zero-order valence-corrected chi connectivity index (χ0v) is 17.8. The van der Waals surface area contributed by atoms with Crippen molar-refractivity contribution in [3.05, 3.63) is 65.7 Å². The number of thioether (sulfide) groups is 1. The van der Waals surface area contributed by atoms with Crippen LogP contribution in [0.3, 0.4) is 0 Å². The van der Waals surface area contributed by atoms with Crippen LogP contribution in [-0.2, 0) is 16.0 Å². The van der Waals surface area contributed by atoms with Gasteiger partial charge >= 0.3 is 0 Å². The highest BCUT2D eigenvalue weighted by molar-refractivity contribution is 8.00. The average molecular weight is 399 g/mol. The van der Waals surface area contributed by atoms with E-state index in [9.17, 15) is 9.59 Å². The van der Waals surface area contributed by atoms with E-state index < -0.39 is 6.04 Å². The molecule has 0 saturated carbocycles. The number of carbonyl (C=O) groups is 2. The lowest BCUT2D eigenvalue weighted by molar-refractivity contribution is -0.137. The molecule has 0 radical (unpaired) electrons. The molecule has 0 fully saturated rings. The van der Waals surface area contributed by atoms with Crippen molar-refractivity contribution in [3.63, 3.8) is 0 Å². The SMILES string of the molecule is CCCNC(=O)[C@@H](C)N(CCc1ccccc1)C(=O)CSc1ccc(C)cc1. The van der Waals surface area contributed by atoms with Gasteiger partial charge in [-0.2, -0.15) is 0 Å². The maximum absolute atomic E-state index is 12.9. The van der Waals surface area contributed by atoms with Gasteiger partial charge < -0.3 is 10.2 Å². The summed E-state index contributed by atoms with van der Waals surface area (Å²) in [5.74, 6) is 0.215. The molecule has 0 aromatic heterocycles. The topological polar surface area (TPSA) is 49.4 Å². The smallest absolute Gasteiger partial charge is 0.242 e. The van der Waals surface area contributed by atoms with E-state index in [0.717, 1.165) is 23.3 Å². The van der Waals surface area contributed by atoms with E-state index in [1.54, 1.807) is 4.90 Å². The van der Waals surface area contributed by atoms with Gasteiger partial charge in [0.05, 0.1) is 5.75 Å². The number of nitrogens with one attached hydrogen (secondary N) is 1. The Bertz CT molecular complexity index is 747. The quantitative estimate of drug-likeness (QED) is 0.614. The van der Waals surface area contributed by atoms with Crippen molar-refractivity contribution in [3.8, 4) is 0 Å². The van der Waals surface area contributed by atoms with Crippen molar-refractivity contribution in [1.82, 2.24) is 10.2 Å². The predicted octanol–water partition coefficient (Wildman–Crippen LogP) is 4.07. The summed E-state index contributed by atoms with van der Waals surface area (Å²) in [5.41, 5.74) is 2.36. The molecule has 1 atom stereocenters. The van der Waals surface area contributed by atoms with Crippen LogP contribution in [0.1, 0.15) is 31.4 Å². The number of hydrogen-bond acceptors (Lipinski definition) is 3. The number of nitrogens with zero attached hydrogens (tertiary/aromatic N) is 1. The van der Waals surface area contributed by atoms with Crippen molar-refractivity contribution < 1.29 is 9.59 Å². The Balaban J connectivity index is 2.03. The van der Waals surface area contributed by atoms with Gasteiger partial charge in [0.25, 0.3) is 0 Å². The molecule has 2 amide bonds. The Morgan fingerprint density at radius 2 is 1.75 bits per heavy atom. The Kier molecular flexibility index (Phi) is 9.08. The van der Waals surface area contributed by atoms with Crippen LogP contribution >= 0.6 is 11.8 Å². The lowest BCUT2D eigenvalue weighted by Crippen LogP contribution is -2.49. The second-order valence-corrected chi connectivity index (χ2v) is 7.94. The van der Waals surface area contributed by atoms with Gasteiger partial charge in [-0.05, 0) is 44.4 Å². The van der Waals surface area contributed by atoms with Gasteiger partial charge in [-0.15, -0.1) is 11.8 Å². The van der Waals surface area contributed by atoms with Crippen LogP contribution in [0.15, 0.2) is 59.5 Å². The van der Waals surface area contributed by atoms with Gasteiger partial charge in [0.15, 0.2) is 0 Å². The van der Waals surface area contributed by atoms with Gasteiger partial charge in [0.1, 0.15) is 6.04 Å². The largest absolute Gasteiger partial charge is 0.354 e. The van der Waals surface area contributed by atoms with E-state index in [0.29, 0.717) is 18.8 Å². The second kappa shape index (κ2) is 11.5. The monoisotopic (exact) mass is 398 g/mol. The minimum atomic E-state index is -0.485. The van der Waals surface area contributed by atoms with Crippen molar-refractivity contribution in [2.24, 2.45) is 0 Å². The molecule has 2 aromatic rings. The van der Waals surface area contributed by atoms with Crippen molar-refractivity contribution in [1.29, 1.82) is 0 Å². The van der Waals surface area contributed by atoms with E-state index >= 15 is 0 Å². The molecular formula is C23H30N2O2S. The van der Waals surface area contributed by atoms with Gasteiger partial charge in [-0.3, -0.25) is 9.59 Å². The third-order valence-electron chi connectivity index (χ3n) is 4.58. The van der Waals surface area contributed by atoms with Gasteiger partial charge in [0, 0.05) is 18.0 Å². The van der Waals surface area contributed by atoms with Crippen molar-refractivity contribution in [2.75, 3.05) is 18.8 Å². The summed E-state index contributed by atoms with van der Waals surface area (Å²) in [4.78, 5) is 28.2. The summed E-state index contributed by atoms with van der Waals surface area (Å²) < 4.78 is 0. The number of hydrogen-bond donors (Lipinski definition) is 1. The standard InChI is InChI=1S/C23H30N2O2S/c1-4-15-24-23(27)19(3)25(16-14-20-8-6-5-7-9-20)22(26)17-28-21-12-10-18(2)11-13-21/h5-13,19H,4,14-17H2,1-3H3,(H,24,27)/t19-/m1/s1. The molecule has 0 spiro atoms. The van der Waals surface area contributed by atoms with E-state index in [1.807, 2.05) is 75.4 Å². The predicted molar refractivity (Wildman–Crippen MR) is 117 cm³/mol. The minimum Gasteiger partial charge on any atom is -0.354 e. The van der Waals surface area contributed by atoms with Crippen molar-refractivity contribution >= 4 is 23.6 Å². The fourth-order valence-electron chi connectivity index (χ4n) is 2.83. The fourth-order valence-corrected chi connectivity index (χ4v) is 3.61. The number of rotatable bonds is 10. The Hall–Kier alpha value is -2.27. The lowest BCUT2D eigenvalue weighted by Gasteiger charge is -2.28. The molecule has 2 aromatic carbocycles. The number of benzene rings is 2. The van der Waals surface area contributed by atoms with E-state index in [-0.39, 0.29) is 11.8 Å². The molecule has 28 heavy (non-hydrogen) atoms. The summed E-state index contributed by atoms with van der Waals surface area (Å²) in [6, 6.07) is 17.7. The van der Waals surface area contributed by atoms with Crippen LogP contribution in [-0.4, -0.2) is 41.6 Å². The molecule has 2 rings (SSSR count). The summed E-state index contributed by atoms with van der Waals surface area (Å²) in [5, 5.41) is 2.91. The van der Waals surface area contributed by atoms with Crippen LogP contribution in [0.5, 0.6) is 0 Å². The van der Waals surface area contributed by atoms with E-state index in [1.165, 1.54) is 17.3 Å². The van der Waals surface area contributed by atoms with E-state index in [2.05, 4.69) is 5.32 Å². The normalized spacial score (nSPS) is 11.7. The maximum Gasteiger partial charge on any atom is 0.242 e. The van der Waals surface area contributed by atoms with Crippen LogP contribution in [0.2, 0.25) is 0 Å². The third kappa shape index (κ3) is 7.04. The first kappa shape index (κ1) is 22.0. The Labute approximate surface area is 172 Å². The summed E-state index contributed by atoms with van der Waals surface area (Å²) in [6.45, 7) is 7.02. The molecule has 0 bridgehead atoms. The Morgan fingerprint density at radius 1 is 1.07 bits per heavy atom. The highest BCUT2D eigenvalue weighted by atomic mass is 32.2. The molecular weight excluding hydrogens is 368 g/mol. The van der Waals surface area contributed by atoms with E-state index in [4.69, 9.17) is 0 Å². The van der Waals surface area contributed by atoms with Crippen LogP contribution in [0.4, 0.5) is 0 Å². The summed E-state index contributed by atoms with van der Waals surface area (Å²) in [6.07, 6.45) is 1.60. The average Bonchev–Trinajstić information content (AvgIpc) is 2.72. The molecule has 0 saturated heterocycles. The van der Waals surface area contributed by atoms with Crippen molar-refractivity contribution in [2.45, 2.75) is 44.6 Å². The second-order valence-electron chi connectivity index (χ2n) is 6.89. The minimum absolute atomic E-state index is 0.0133. The zero-order chi connectivity index (χ0) is 20.4. The molecule has 1 N–H and O–H groups in total. The highest BCUT2D eigenvalue weighted by Crippen LogP contribution is 2.19. The van der Waals surface area contributed by atoms with Gasteiger partial charge in [0.2, 0.25) is 11.8 Å². The van der Waals surface area contributed by atoms with Gasteiger partial charge in [-0.1, -0.05) is 55.0 Å². The molecule has 0 aliphatic heterocycles. The third-order valence-corrected chi connectivity index (χ3v) is 5.58. The molecule has 4 nitrogen and oxygen atoms in total. The summed E-state index contributed by atoms with van der Waals surface area (Å²) in [7, 11) is 0. The molecule has 150 valence electrons. The first-order valence-electron chi connectivity index (χ1n) is 9.81. The fraction of sp³-hybridized carbons (Fsp3) is 0.391. The van der Waals surface area contributed by atoms with Gasteiger partial charge in [-0.25, -0.2) is 0 Å².